The lowest BCUT2D eigenvalue weighted by atomic mass is 10.1. The number of thioether (sulfide) groups is 1. The van der Waals surface area contributed by atoms with Gasteiger partial charge >= 0.3 is 0 Å². The molecule has 5 N–H and O–H groups in total. The molecule has 2 saturated carbocycles. The molecule has 2 fully saturated rings. The smallest absolute Gasteiger partial charge is 0.191 e. The Labute approximate surface area is 179 Å². The van der Waals surface area contributed by atoms with Crippen molar-refractivity contribution in [2.45, 2.75) is 68.3 Å². The van der Waals surface area contributed by atoms with Gasteiger partial charge in [-0.15, -0.1) is 0 Å². The molecule has 162 valence electrons. The standard InChI is InChI=1S/C21H27F2N5OS/c1-2-7-30-21-27-19(25-12-4-5-13(29)9-12)18(24)20(28-21)26-17-10-14(17)11-3-6-15(22)16(23)8-11/h3,6,8,12-14,17,29H,2,4-5,7,9-10,24H2,1H3,(H2,25,26,27,28). The first-order chi connectivity index (χ1) is 14.4. The minimum absolute atomic E-state index is 0.0530. The number of rotatable bonds is 8. The van der Waals surface area contributed by atoms with E-state index in [0.29, 0.717) is 28.9 Å². The number of nitrogen functional groups attached to an aromatic ring is 1. The zero-order chi connectivity index (χ0) is 21.3. The molecule has 0 radical (unpaired) electrons. The summed E-state index contributed by atoms with van der Waals surface area (Å²) in [5.41, 5.74) is 7.57. The lowest BCUT2D eigenvalue weighted by Crippen LogP contribution is -2.20. The van der Waals surface area contributed by atoms with E-state index in [1.165, 1.54) is 6.07 Å². The highest BCUT2D eigenvalue weighted by Crippen LogP contribution is 2.44. The molecule has 4 rings (SSSR count). The van der Waals surface area contributed by atoms with E-state index in [1.807, 2.05) is 0 Å². The molecular weight excluding hydrogens is 408 g/mol. The van der Waals surface area contributed by atoms with Gasteiger partial charge in [-0.2, -0.15) is 0 Å². The maximum Gasteiger partial charge on any atom is 0.191 e. The SMILES string of the molecule is CCCSc1nc(NC2CCC(O)C2)c(N)c(NC2CC2c2ccc(F)c(F)c2)n1. The molecule has 9 heteroatoms. The summed E-state index contributed by atoms with van der Waals surface area (Å²) in [4.78, 5) is 9.18. The first-order valence-electron chi connectivity index (χ1n) is 10.4. The fraction of sp³-hybridized carbons (Fsp3) is 0.524. The summed E-state index contributed by atoms with van der Waals surface area (Å²) in [5, 5.41) is 17.2. The van der Waals surface area contributed by atoms with Gasteiger partial charge in [0.05, 0.1) is 6.10 Å². The fourth-order valence-electron chi connectivity index (χ4n) is 3.85. The molecule has 0 saturated heterocycles. The van der Waals surface area contributed by atoms with Crippen molar-refractivity contribution >= 4 is 29.1 Å². The molecule has 2 aliphatic rings. The second kappa shape index (κ2) is 8.93. The van der Waals surface area contributed by atoms with Crippen LogP contribution in [0.4, 0.5) is 26.1 Å². The highest BCUT2D eigenvalue weighted by molar-refractivity contribution is 7.99. The Morgan fingerprint density at radius 2 is 1.90 bits per heavy atom. The van der Waals surface area contributed by atoms with E-state index >= 15 is 0 Å². The van der Waals surface area contributed by atoms with Crippen LogP contribution in [0, 0.1) is 11.6 Å². The van der Waals surface area contributed by atoms with Crippen LogP contribution in [-0.4, -0.2) is 39.0 Å². The van der Waals surface area contributed by atoms with Gasteiger partial charge in [-0.3, -0.25) is 0 Å². The van der Waals surface area contributed by atoms with E-state index in [2.05, 4.69) is 27.5 Å². The molecule has 1 aromatic carbocycles. The van der Waals surface area contributed by atoms with Gasteiger partial charge in [0.1, 0.15) is 5.69 Å². The normalized spacial score (nSPS) is 25.3. The highest BCUT2D eigenvalue weighted by Gasteiger charge is 2.39. The van der Waals surface area contributed by atoms with E-state index in [-0.39, 0.29) is 24.1 Å². The summed E-state index contributed by atoms with van der Waals surface area (Å²) < 4.78 is 26.8. The third-order valence-electron chi connectivity index (χ3n) is 5.59. The topological polar surface area (TPSA) is 96.1 Å². The number of benzene rings is 1. The van der Waals surface area contributed by atoms with Crippen molar-refractivity contribution in [2.75, 3.05) is 22.1 Å². The van der Waals surface area contributed by atoms with Crippen LogP contribution in [0.25, 0.3) is 0 Å². The largest absolute Gasteiger partial charge is 0.393 e. The summed E-state index contributed by atoms with van der Waals surface area (Å²) >= 11 is 1.57. The lowest BCUT2D eigenvalue weighted by molar-refractivity contribution is 0.182. The van der Waals surface area contributed by atoms with Gasteiger partial charge in [-0.05, 0) is 49.8 Å². The average Bonchev–Trinajstić information content (AvgIpc) is 3.37. The van der Waals surface area contributed by atoms with Crippen LogP contribution in [-0.2, 0) is 0 Å². The van der Waals surface area contributed by atoms with Crippen LogP contribution in [0.15, 0.2) is 23.4 Å². The molecule has 30 heavy (non-hydrogen) atoms. The number of hydrogen-bond acceptors (Lipinski definition) is 7. The minimum Gasteiger partial charge on any atom is -0.393 e. The van der Waals surface area contributed by atoms with E-state index in [0.717, 1.165) is 43.1 Å². The Kier molecular flexibility index (Phi) is 6.29. The lowest BCUT2D eigenvalue weighted by Gasteiger charge is -2.18. The van der Waals surface area contributed by atoms with Gasteiger partial charge in [0.2, 0.25) is 0 Å². The Bertz CT molecular complexity index is 915. The Morgan fingerprint density at radius 1 is 1.13 bits per heavy atom. The Balaban J connectivity index is 1.51. The predicted molar refractivity (Wildman–Crippen MR) is 116 cm³/mol. The maximum absolute atomic E-state index is 13.6. The quantitative estimate of drug-likeness (QED) is 0.366. The molecule has 4 atom stereocenters. The second-order valence-electron chi connectivity index (χ2n) is 8.04. The summed E-state index contributed by atoms with van der Waals surface area (Å²) in [7, 11) is 0. The predicted octanol–water partition coefficient (Wildman–Crippen LogP) is 4.13. The molecule has 0 spiro atoms. The number of nitrogens with one attached hydrogen (secondary N) is 2. The molecule has 0 amide bonds. The number of hydrogen-bond donors (Lipinski definition) is 4. The van der Waals surface area contributed by atoms with Crippen molar-refractivity contribution in [3.63, 3.8) is 0 Å². The van der Waals surface area contributed by atoms with Crippen LogP contribution < -0.4 is 16.4 Å². The molecule has 0 aliphatic heterocycles. The third-order valence-corrected chi connectivity index (χ3v) is 6.64. The molecule has 6 nitrogen and oxygen atoms in total. The van der Waals surface area contributed by atoms with Crippen LogP contribution in [0.1, 0.15) is 50.5 Å². The summed E-state index contributed by atoms with van der Waals surface area (Å²) in [6, 6.07) is 4.22. The van der Waals surface area contributed by atoms with E-state index in [9.17, 15) is 13.9 Å². The fourth-order valence-corrected chi connectivity index (χ4v) is 4.55. The Morgan fingerprint density at radius 3 is 2.57 bits per heavy atom. The van der Waals surface area contributed by atoms with Gasteiger partial charge in [0, 0.05) is 23.8 Å². The van der Waals surface area contributed by atoms with Crippen molar-refractivity contribution in [1.29, 1.82) is 0 Å². The number of aliphatic hydroxyl groups is 1. The molecular formula is C21H27F2N5OS. The third kappa shape index (κ3) is 4.78. The van der Waals surface area contributed by atoms with Crippen LogP contribution >= 0.6 is 11.8 Å². The first kappa shape index (κ1) is 21.1. The maximum atomic E-state index is 13.6. The number of aliphatic hydroxyl groups excluding tert-OH is 1. The average molecular weight is 436 g/mol. The summed E-state index contributed by atoms with van der Waals surface area (Å²) in [5.74, 6) is 0.446. The van der Waals surface area contributed by atoms with Crippen LogP contribution in [0.2, 0.25) is 0 Å². The molecule has 4 unspecified atom stereocenters. The van der Waals surface area contributed by atoms with Crippen molar-refractivity contribution in [3.8, 4) is 0 Å². The van der Waals surface area contributed by atoms with Gasteiger partial charge in [0.15, 0.2) is 28.4 Å². The van der Waals surface area contributed by atoms with E-state index in [1.54, 1.807) is 17.8 Å². The van der Waals surface area contributed by atoms with E-state index in [4.69, 9.17) is 5.73 Å². The number of nitrogens with two attached hydrogens (primary N) is 1. The molecule has 1 heterocycles. The van der Waals surface area contributed by atoms with Crippen LogP contribution in [0.3, 0.4) is 0 Å². The van der Waals surface area contributed by atoms with Crippen molar-refractivity contribution in [2.24, 2.45) is 0 Å². The van der Waals surface area contributed by atoms with Gasteiger partial charge in [0.25, 0.3) is 0 Å². The monoisotopic (exact) mass is 435 g/mol. The second-order valence-corrected chi connectivity index (χ2v) is 9.10. The van der Waals surface area contributed by atoms with Crippen molar-refractivity contribution in [1.82, 2.24) is 9.97 Å². The number of halogens is 2. The number of nitrogens with zero attached hydrogens (tertiary/aromatic N) is 2. The van der Waals surface area contributed by atoms with Gasteiger partial charge in [-0.25, -0.2) is 18.7 Å². The number of aromatic nitrogens is 2. The van der Waals surface area contributed by atoms with Crippen molar-refractivity contribution < 1.29 is 13.9 Å². The van der Waals surface area contributed by atoms with Gasteiger partial charge in [-0.1, -0.05) is 24.8 Å². The van der Waals surface area contributed by atoms with Gasteiger partial charge < -0.3 is 21.5 Å². The van der Waals surface area contributed by atoms with Crippen LogP contribution in [0.5, 0.6) is 0 Å². The number of anilines is 3. The zero-order valence-electron chi connectivity index (χ0n) is 16.9. The zero-order valence-corrected chi connectivity index (χ0v) is 17.7. The molecule has 1 aromatic heterocycles. The summed E-state index contributed by atoms with van der Waals surface area (Å²) in [6.45, 7) is 2.10. The highest BCUT2D eigenvalue weighted by atomic mass is 32.2. The van der Waals surface area contributed by atoms with Crippen molar-refractivity contribution in [3.05, 3.63) is 35.4 Å². The first-order valence-corrected chi connectivity index (χ1v) is 11.4. The molecule has 2 aliphatic carbocycles. The molecule has 2 aromatic rings. The molecule has 0 bridgehead atoms. The minimum atomic E-state index is -0.839. The Hall–Kier alpha value is -2.13. The summed E-state index contributed by atoms with van der Waals surface area (Å²) in [6.07, 6.45) is 3.81. The van der Waals surface area contributed by atoms with E-state index < -0.39 is 11.6 Å².